The van der Waals surface area contributed by atoms with Crippen LogP contribution in [0.4, 0.5) is 0 Å². The lowest BCUT2D eigenvalue weighted by Gasteiger charge is -2.25. The first-order valence-corrected chi connectivity index (χ1v) is 9.74. The molecule has 0 spiro atoms. The number of phenolic OH excluding ortho intramolecular Hbond substituents is 1. The lowest BCUT2D eigenvalue weighted by molar-refractivity contribution is 0.0593. The average molecular weight is 393 g/mol. The highest BCUT2D eigenvalue weighted by atomic mass is 16.5. The van der Waals surface area contributed by atoms with E-state index in [1.54, 1.807) is 53.4 Å². The molecule has 2 heterocycles. The van der Waals surface area contributed by atoms with Crippen LogP contribution >= 0.6 is 0 Å². The Balaban J connectivity index is 1.81. The Hall–Kier alpha value is -3.12. The van der Waals surface area contributed by atoms with Gasteiger partial charge in [-0.1, -0.05) is 24.3 Å². The molecule has 0 radical (unpaired) electrons. The summed E-state index contributed by atoms with van der Waals surface area (Å²) in [5, 5.41) is 10.4. The van der Waals surface area contributed by atoms with E-state index in [0.717, 1.165) is 0 Å². The third kappa shape index (κ3) is 3.51. The van der Waals surface area contributed by atoms with E-state index < -0.39 is 6.04 Å². The van der Waals surface area contributed by atoms with Crippen LogP contribution in [-0.4, -0.2) is 35.2 Å². The highest BCUT2D eigenvalue weighted by molar-refractivity contribution is 5.99. The van der Waals surface area contributed by atoms with Gasteiger partial charge in [-0.3, -0.25) is 9.59 Å². The van der Waals surface area contributed by atoms with Crippen LogP contribution in [0, 0.1) is 0 Å². The predicted molar refractivity (Wildman–Crippen MR) is 109 cm³/mol. The van der Waals surface area contributed by atoms with Crippen molar-refractivity contribution in [3.05, 3.63) is 75.6 Å². The maximum atomic E-state index is 13.3. The van der Waals surface area contributed by atoms with Crippen molar-refractivity contribution in [2.24, 2.45) is 0 Å². The Bertz CT molecular complexity index is 1120. The normalized spacial score (nSPS) is 16.0. The molecule has 6 heteroatoms. The first kappa shape index (κ1) is 19.2. The number of nitrogens with zero attached hydrogens (tertiary/aromatic N) is 1. The summed E-state index contributed by atoms with van der Waals surface area (Å²) in [5.41, 5.74) is 1.17. The number of para-hydroxylation sites is 1. The monoisotopic (exact) mass is 393 g/mol. The molecule has 0 bridgehead atoms. The van der Waals surface area contributed by atoms with Gasteiger partial charge in [0.1, 0.15) is 11.3 Å². The number of fused-ring (bicyclic) bond motifs is 2. The second kappa shape index (κ2) is 7.72. The molecule has 29 heavy (non-hydrogen) atoms. The minimum atomic E-state index is -0.607. The van der Waals surface area contributed by atoms with Crippen LogP contribution in [0.2, 0.25) is 0 Å². The van der Waals surface area contributed by atoms with Crippen molar-refractivity contribution < 1.29 is 19.1 Å². The van der Waals surface area contributed by atoms with Crippen molar-refractivity contribution in [3.8, 4) is 5.75 Å². The number of amides is 1. The van der Waals surface area contributed by atoms with E-state index in [-0.39, 0.29) is 28.9 Å². The third-order valence-electron chi connectivity index (χ3n) is 5.05. The van der Waals surface area contributed by atoms with Gasteiger partial charge in [-0.05, 0) is 50.1 Å². The van der Waals surface area contributed by atoms with Gasteiger partial charge in [-0.25, -0.2) is 0 Å². The highest BCUT2D eigenvalue weighted by Crippen LogP contribution is 2.38. The number of carbonyl (C=O) groups is 1. The lowest BCUT2D eigenvalue weighted by atomic mass is 9.98. The summed E-state index contributed by atoms with van der Waals surface area (Å²) in [7, 11) is 0. The topological polar surface area (TPSA) is 80.0 Å². The molecule has 150 valence electrons. The van der Waals surface area contributed by atoms with E-state index in [2.05, 4.69) is 0 Å². The third-order valence-corrected chi connectivity index (χ3v) is 5.05. The van der Waals surface area contributed by atoms with Gasteiger partial charge in [0, 0.05) is 13.2 Å². The number of hydrogen-bond acceptors (Lipinski definition) is 5. The summed E-state index contributed by atoms with van der Waals surface area (Å²) < 4.78 is 11.5. The molecule has 0 saturated carbocycles. The fourth-order valence-electron chi connectivity index (χ4n) is 3.79. The molecule has 1 aromatic heterocycles. The van der Waals surface area contributed by atoms with Crippen LogP contribution in [0.5, 0.6) is 5.75 Å². The maximum absolute atomic E-state index is 13.3. The second-order valence-electron chi connectivity index (χ2n) is 7.44. The minimum Gasteiger partial charge on any atom is -0.508 e. The summed E-state index contributed by atoms with van der Waals surface area (Å²) in [6, 6.07) is 13.0. The molecule has 1 amide bonds. The van der Waals surface area contributed by atoms with Crippen LogP contribution < -0.4 is 5.43 Å². The highest BCUT2D eigenvalue weighted by Gasteiger charge is 2.42. The molecular weight excluding hydrogens is 370 g/mol. The van der Waals surface area contributed by atoms with E-state index in [1.807, 2.05) is 13.8 Å². The lowest BCUT2D eigenvalue weighted by Crippen LogP contribution is -2.31. The van der Waals surface area contributed by atoms with Crippen molar-refractivity contribution in [1.82, 2.24) is 4.90 Å². The van der Waals surface area contributed by atoms with E-state index in [4.69, 9.17) is 9.15 Å². The summed E-state index contributed by atoms with van der Waals surface area (Å²) >= 11 is 0. The largest absolute Gasteiger partial charge is 0.508 e. The molecule has 6 nitrogen and oxygen atoms in total. The summed E-state index contributed by atoms with van der Waals surface area (Å²) in [6.45, 7) is 4.83. The quantitative estimate of drug-likeness (QED) is 0.643. The number of rotatable bonds is 6. The average Bonchev–Trinajstić information content (AvgIpc) is 2.98. The molecule has 0 saturated heterocycles. The van der Waals surface area contributed by atoms with Crippen molar-refractivity contribution in [2.75, 3.05) is 13.2 Å². The van der Waals surface area contributed by atoms with Crippen molar-refractivity contribution in [3.63, 3.8) is 0 Å². The fraction of sp³-hybridized carbons (Fsp3) is 0.304. The molecule has 0 aliphatic carbocycles. The van der Waals surface area contributed by atoms with E-state index in [1.165, 1.54) is 0 Å². The molecule has 1 atom stereocenters. The van der Waals surface area contributed by atoms with Crippen molar-refractivity contribution >= 4 is 16.9 Å². The zero-order valence-electron chi connectivity index (χ0n) is 16.4. The zero-order valence-corrected chi connectivity index (χ0v) is 16.4. The minimum absolute atomic E-state index is 0.0758. The number of benzene rings is 2. The molecule has 0 fully saturated rings. The smallest absolute Gasteiger partial charge is 0.290 e. The number of carbonyl (C=O) groups excluding carboxylic acids is 1. The number of ether oxygens (including phenoxy) is 1. The first-order valence-electron chi connectivity index (χ1n) is 9.74. The maximum Gasteiger partial charge on any atom is 0.290 e. The van der Waals surface area contributed by atoms with Gasteiger partial charge in [0.15, 0.2) is 5.43 Å². The fourth-order valence-corrected chi connectivity index (χ4v) is 3.79. The van der Waals surface area contributed by atoms with Crippen LogP contribution in [0.1, 0.15) is 48.0 Å². The van der Waals surface area contributed by atoms with Crippen LogP contribution in [-0.2, 0) is 4.74 Å². The molecule has 2 aromatic carbocycles. The van der Waals surface area contributed by atoms with E-state index in [0.29, 0.717) is 41.7 Å². The molecule has 1 aliphatic heterocycles. The number of aromatic hydroxyl groups is 1. The number of hydrogen-bond donors (Lipinski definition) is 1. The predicted octanol–water partition coefficient (Wildman–Crippen LogP) is 3.86. The van der Waals surface area contributed by atoms with Crippen LogP contribution in [0.25, 0.3) is 11.0 Å². The molecule has 0 unspecified atom stereocenters. The molecular formula is C23H23NO5. The van der Waals surface area contributed by atoms with Crippen molar-refractivity contribution in [1.29, 1.82) is 0 Å². The zero-order chi connectivity index (χ0) is 20.5. The van der Waals surface area contributed by atoms with Crippen LogP contribution in [0.15, 0.2) is 57.7 Å². The molecule has 1 aliphatic rings. The first-order chi connectivity index (χ1) is 14.0. The Morgan fingerprint density at radius 1 is 1.14 bits per heavy atom. The van der Waals surface area contributed by atoms with Gasteiger partial charge < -0.3 is 19.2 Å². The molecule has 1 N–H and O–H groups in total. The van der Waals surface area contributed by atoms with Crippen molar-refractivity contribution in [2.45, 2.75) is 32.4 Å². The second-order valence-corrected chi connectivity index (χ2v) is 7.44. The Morgan fingerprint density at radius 3 is 2.69 bits per heavy atom. The summed E-state index contributed by atoms with van der Waals surface area (Å²) in [5.74, 6) is -0.163. The van der Waals surface area contributed by atoms with Gasteiger partial charge in [-0.15, -0.1) is 0 Å². The van der Waals surface area contributed by atoms with Gasteiger partial charge in [0.05, 0.1) is 23.1 Å². The van der Waals surface area contributed by atoms with E-state index >= 15 is 0 Å². The standard InChI is InChI=1S/C23H23NO5/c1-14(2)28-12-6-11-24-20(15-7-5-8-16(25)13-15)19-21(26)17-9-3-4-10-18(17)29-22(19)23(24)27/h3-5,7-10,13-14,20,25H,6,11-12H2,1-2H3/t20-/m1/s1. The van der Waals surface area contributed by atoms with E-state index in [9.17, 15) is 14.7 Å². The SMILES string of the molecule is CC(C)OCCCN1C(=O)c2oc3ccccc3c(=O)c2[C@H]1c1cccc(O)c1. The van der Waals surface area contributed by atoms with Gasteiger partial charge in [-0.2, -0.15) is 0 Å². The van der Waals surface area contributed by atoms with Gasteiger partial charge in [0.25, 0.3) is 5.91 Å². The van der Waals surface area contributed by atoms with Crippen LogP contribution in [0.3, 0.4) is 0 Å². The number of phenols is 1. The Morgan fingerprint density at radius 2 is 1.93 bits per heavy atom. The molecule has 3 aromatic rings. The Kier molecular flexibility index (Phi) is 5.11. The van der Waals surface area contributed by atoms with Gasteiger partial charge in [0.2, 0.25) is 5.76 Å². The summed E-state index contributed by atoms with van der Waals surface area (Å²) in [4.78, 5) is 28.1. The Labute approximate surface area is 168 Å². The van der Waals surface area contributed by atoms with Gasteiger partial charge >= 0.3 is 0 Å². The molecule has 4 rings (SSSR count). The summed E-state index contributed by atoms with van der Waals surface area (Å²) in [6.07, 6.45) is 0.734.